The number of hydrogen-bond acceptors (Lipinski definition) is 5. The lowest BCUT2D eigenvalue weighted by Crippen LogP contribution is -2.43. The number of thioether (sulfide) groups is 2. The minimum atomic E-state index is -3.40. The van der Waals surface area contributed by atoms with Crippen molar-refractivity contribution >= 4 is 50.8 Å². The molecule has 0 saturated carbocycles. The number of rotatable bonds is 5. The Bertz CT molecular complexity index is 338. The molecule has 0 aromatic carbocycles. The van der Waals surface area contributed by atoms with E-state index in [9.17, 15) is 8.42 Å². The molecule has 1 aliphatic rings. The van der Waals surface area contributed by atoms with Gasteiger partial charge in [-0.3, -0.25) is 0 Å². The maximum absolute atomic E-state index is 11.7. The van der Waals surface area contributed by atoms with Crippen molar-refractivity contribution in [2.75, 3.05) is 23.8 Å². The van der Waals surface area contributed by atoms with E-state index in [0.29, 0.717) is 11.8 Å². The van der Waals surface area contributed by atoms with Crippen LogP contribution in [0.25, 0.3) is 0 Å². The van der Waals surface area contributed by atoms with Gasteiger partial charge in [-0.1, -0.05) is 12.2 Å². The first-order valence-corrected chi connectivity index (χ1v) is 9.06. The van der Waals surface area contributed by atoms with Gasteiger partial charge in [-0.05, 0) is 6.92 Å². The standard InChI is InChI=1S/C8H16N2O2S4/c1-6(8(9)13)16(11,12)10-4-7-5-14-2-3-15-7/h6-7,10H,2-5H2,1H3,(H2,9,13). The van der Waals surface area contributed by atoms with Crippen LogP contribution in [0.2, 0.25) is 0 Å². The molecular weight excluding hydrogens is 284 g/mol. The van der Waals surface area contributed by atoms with Gasteiger partial charge in [0.2, 0.25) is 10.0 Å². The molecule has 1 aliphatic heterocycles. The number of sulfonamides is 1. The molecule has 0 bridgehead atoms. The van der Waals surface area contributed by atoms with Crippen LogP contribution in [-0.2, 0) is 10.0 Å². The highest BCUT2D eigenvalue weighted by Crippen LogP contribution is 2.23. The van der Waals surface area contributed by atoms with Gasteiger partial charge in [-0.25, -0.2) is 13.1 Å². The molecule has 0 amide bonds. The van der Waals surface area contributed by atoms with Gasteiger partial charge in [-0.15, -0.1) is 0 Å². The van der Waals surface area contributed by atoms with Crippen LogP contribution in [0.15, 0.2) is 0 Å². The van der Waals surface area contributed by atoms with Crippen molar-refractivity contribution in [2.45, 2.75) is 17.4 Å². The van der Waals surface area contributed by atoms with E-state index in [-0.39, 0.29) is 4.99 Å². The predicted molar refractivity (Wildman–Crippen MR) is 76.7 cm³/mol. The van der Waals surface area contributed by atoms with E-state index in [1.54, 1.807) is 0 Å². The Morgan fingerprint density at radius 1 is 1.62 bits per heavy atom. The fourth-order valence-corrected chi connectivity index (χ4v) is 5.23. The first-order valence-electron chi connectivity index (χ1n) is 4.90. The molecule has 0 aliphatic carbocycles. The molecular formula is C8H16N2O2S4. The Balaban J connectivity index is 2.44. The fraction of sp³-hybridized carbons (Fsp3) is 0.875. The van der Waals surface area contributed by atoms with Crippen LogP contribution < -0.4 is 10.5 Å². The molecule has 1 saturated heterocycles. The molecule has 0 radical (unpaired) electrons. The molecule has 8 heteroatoms. The SMILES string of the molecule is CC(C(N)=S)S(=O)(=O)NCC1CSCCS1. The third kappa shape index (κ3) is 4.40. The largest absolute Gasteiger partial charge is 0.392 e. The first kappa shape index (κ1) is 14.6. The molecule has 3 N–H and O–H groups in total. The average Bonchev–Trinajstić information content (AvgIpc) is 2.27. The normalized spacial score (nSPS) is 23.9. The highest BCUT2D eigenvalue weighted by atomic mass is 32.2. The molecule has 1 fully saturated rings. The highest BCUT2D eigenvalue weighted by molar-refractivity contribution is 8.06. The van der Waals surface area contributed by atoms with E-state index in [2.05, 4.69) is 16.9 Å². The second-order valence-corrected chi connectivity index (χ2v) is 8.62. The molecule has 2 atom stereocenters. The van der Waals surface area contributed by atoms with E-state index in [4.69, 9.17) is 5.73 Å². The molecule has 1 rings (SSSR count). The lowest BCUT2D eigenvalue weighted by Gasteiger charge is -2.22. The van der Waals surface area contributed by atoms with Crippen molar-refractivity contribution in [2.24, 2.45) is 5.73 Å². The van der Waals surface area contributed by atoms with Gasteiger partial charge >= 0.3 is 0 Å². The Kier molecular flexibility index (Phi) is 5.86. The van der Waals surface area contributed by atoms with Gasteiger partial charge in [-0.2, -0.15) is 23.5 Å². The molecule has 16 heavy (non-hydrogen) atoms. The summed E-state index contributed by atoms with van der Waals surface area (Å²) in [7, 11) is -3.40. The Labute approximate surface area is 111 Å². The van der Waals surface area contributed by atoms with Gasteiger partial charge in [0.05, 0.1) is 4.99 Å². The summed E-state index contributed by atoms with van der Waals surface area (Å²) < 4.78 is 26.0. The fourth-order valence-electron chi connectivity index (χ4n) is 1.14. The van der Waals surface area contributed by atoms with E-state index in [0.717, 1.165) is 17.3 Å². The summed E-state index contributed by atoms with van der Waals surface area (Å²) >= 11 is 8.36. The highest BCUT2D eigenvalue weighted by Gasteiger charge is 2.24. The topological polar surface area (TPSA) is 72.2 Å². The van der Waals surface area contributed by atoms with Crippen LogP contribution in [-0.4, -0.2) is 47.7 Å². The molecule has 94 valence electrons. The summed E-state index contributed by atoms with van der Waals surface area (Å²) in [5, 5.41) is -0.448. The molecule has 0 aromatic rings. The van der Waals surface area contributed by atoms with Crippen molar-refractivity contribution in [1.82, 2.24) is 4.72 Å². The summed E-state index contributed by atoms with van der Waals surface area (Å²) in [5.41, 5.74) is 5.33. The van der Waals surface area contributed by atoms with E-state index >= 15 is 0 Å². The van der Waals surface area contributed by atoms with Crippen molar-refractivity contribution < 1.29 is 8.42 Å². The van der Waals surface area contributed by atoms with Crippen LogP contribution in [0.5, 0.6) is 0 Å². The Morgan fingerprint density at radius 3 is 2.81 bits per heavy atom. The van der Waals surface area contributed by atoms with E-state index in [1.165, 1.54) is 6.92 Å². The summed E-state index contributed by atoms with van der Waals surface area (Å²) in [6, 6.07) is 0. The van der Waals surface area contributed by atoms with Gasteiger partial charge in [0.15, 0.2) is 0 Å². The zero-order valence-corrected chi connectivity index (χ0v) is 12.3. The predicted octanol–water partition coefficient (Wildman–Crippen LogP) is 0.429. The Hall–Kier alpha value is 0.500. The monoisotopic (exact) mass is 300 g/mol. The Morgan fingerprint density at radius 2 is 2.31 bits per heavy atom. The maximum atomic E-state index is 11.7. The summed E-state index contributed by atoms with van der Waals surface area (Å²) in [5.74, 6) is 3.23. The third-order valence-corrected chi connectivity index (χ3v) is 7.36. The molecule has 0 aromatic heterocycles. The number of nitrogens with one attached hydrogen (secondary N) is 1. The van der Waals surface area contributed by atoms with Gasteiger partial charge in [0, 0.05) is 29.1 Å². The van der Waals surface area contributed by atoms with Crippen LogP contribution in [0.3, 0.4) is 0 Å². The zero-order valence-electron chi connectivity index (χ0n) is 9.01. The number of hydrogen-bond donors (Lipinski definition) is 2. The van der Waals surface area contributed by atoms with Crippen LogP contribution >= 0.6 is 35.7 Å². The lowest BCUT2D eigenvalue weighted by molar-refractivity contribution is 0.578. The summed E-state index contributed by atoms with van der Waals surface area (Å²) in [4.78, 5) is 0.0122. The molecule has 0 spiro atoms. The third-order valence-electron chi connectivity index (χ3n) is 2.26. The minimum Gasteiger partial charge on any atom is -0.392 e. The van der Waals surface area contributed by atoms with Crippen LogP contribution in [0.4, 0.5) is 0 Å². The van der Waals surface area contributed by atoms with Crippen molar-refractivity contribution in [3.63, 3.8) is 0 Å². The zero-order chi connectivity index (χ0) is 12.2. The van der Waals surface area contributed by atoms with Gasteiger partial charge < -0.3 is 5.73 Å². The van der Waals surface area contributed by atoms with E-state index in [1.807, 2.05) is 23.5 Å². The smallest absolute Gasteiger partial charge is 0.220 e. The summed E-state index contributed by atoms with van der Waals surface area (Å²) in [6.45, 7) is 1.97. The van der Waals surface area contributed by atoms with Crippen LogP contribution in [0.1, 0.15) is 6.92 Å². The number of thiocarbonyl (C=S) groups is 1. The summed E-state index contributed by atoms with van der Waals surface area (Å²) in [6.07, 6.45) is 0. The average molecular weight is 300 g/mol. The second kappa shape index (κ2) is 6.44. The van der Waals surface area contributed by atoms with Crippen molar-refractivity contribution in [3.8, 4) is 0 Å². The second-order valence-electron chi connectivity index (χ2n) is 3.51. The lowest BCUT2D eigenvalue weighted by atomic mass is 10.5. The maximum Gasteiger partial charge on any atom is 0.220 e. The molecule has 2 unspecified atom stereocenters. The molecule has 1 heterocycles. The van der Waals surface area contributed by atoms with Crippen molar-refractivity contribution in [3.05, 3.63) is 0 Å². The van der Waals surface area contributed by atoms with Crippen LogP contribution in [0, 0.1) is 0 Å². The van der Waals surface area contributed by atoms with Gasteiger partial charge in [0.1, 0.15) is 5.25 Å². The molecule has 4 nitrogen and oxygen atoms in total. The van der Waals surface area contributed by atoms with E-state index < -0.39 is 15.3 Å². The van der Waals surface area contributed by atoms with Crippen molar-refractivity contribution in [1.29, 1.82) is 0 Å². The quantitative estimate of drug-likeness (QED) is 0.718. The minimum absolute atomic E-state index is 0.0122. The number of nitrogens with two attached hydrogens (primary N) is 1. The van der Waals surface area contributed by atoms with Gasteiger partial charge in [0.25, 0.3) is 0 Å². The first-order chi connectivity index (χ1) is 7.43.